The van der Waals surface area contributed by atoms with E-state index in [4.69, 9.17) is 0 Å². The van der Waals surface area contributed by atoms with Crippen molar-refractivity contribution in [1.82, 2.24) is 0 Å². The number of benzene rings is 1. The van der Waals surface area contributed by atoms with Crippen LogP contribution in [0.5, 0.6) is 0 Å². The second-order valence-corrected chi connectivity index (χ2v) is 3.97. The van der Waals surface area contributed by atoms with E-state index >= 15 is 0 Å². The van der Waals surface area contributed by atoms with Gasteiger partial charge >= 0.3 is 0 Å². The highest BCUT2D eigenvalue weighted by Crippen LogP contribution is 2.23. The number of nitro groups is 2. The number of hydrogen-bond donors (Lipinski definition) is 0. The molecule has 96 valence electrons. The highest BCUT2D eigenvalue weighted by Gasteiger charge is 2.20. The van der Waals surface area contributed by atoms with Crippen LogP contribution in [0.2, 0.25) is 0 Å². The molecule has 1 aromatic rings. The average Bonchev–Trinajstić information content (AvgIpc) is 2.27. The molecule has 1 atom stereocenters. The molecule has 7 heteroatoms. The topological polar surface area (TPSA) is 103 Å². The van der Waals surface area contributed by atoms with E-state index in [1.165, 1.54) is 31.2 Å². The monoisotopic (exact) mass is 252 g/mol. The molecule has 0 amide bonds. The molecule has 0 fully saturated rings. The number of carbonyl (C=O) groups is 1. The molecular weight excluding hydrogens is 240 g/mol. The minimum Gasteiger partial charge on any atom is -0.300 e. The van der Waals surface area contributed by atoms with Gasteiger partial charge in [0.15, 0.2) is 0 Å². The lowest BCUT2D eigenvalue weighted by Gasteiger charge is -2.10. The predicted octanol–water partition coefficient (Wildman–Crippen LogP) is 1.93. The van der Waals surface area contributed by atoms with Crippen LogP contribution < -0.4 is 0 Å². The zero-order chi connectivity index (χ0) is 13.7. The molecule has 0 bridgehead atoms. The number of non-ortho nitro benzene ring substituents is 1. The van der Waals surface area contributed by atoms with Crippen molar-refractivity contribution in [3.8, 4) is 0 Å². The molecule has 1 rings (SSSR count). The lowest BCUT2D eigenvalue weighted by atomic mass is 9.94. The maximum atomic E-state index is 11.1. The second-order valence-electron chi connectivity index (χ2n) is 3.97. The average molecular weight is 252 g/mol. The Morgan fingerprint density at radius 1 is 1.22 bits per heavy atom. The number of ketones is 1. The Labute approximate surface area is 103 Å². The van der Waals surface area contributed by atoms with Gasteiger partial charge in [-0.2, -0.15) is 0 Å². The Kier molecular flexibility index (Phi) is 4.47. The maximum absolute atomic E-state index is 11.1. The summed E-state index contributed by atoms with van der Waals surface area (Å²) >= 11 is 0. The number of nitrogens with zero attached hydrogens (tertiary/aromatic N) is 2. The highest BCUT2D eigenvalue weighted by atomic mass is 16.6. The van der Waals surface area contributed by atoms with Crippen molar-refractivity contribution in [1.29, 1.82) is 0 Å². The van der Waals surface area contributed by atoms with Crippen LogP contribution in [0, 0.1) is 20.2 Å². The first-order chi connectivity index (χ1) is 8.40. The summed E-state index contributed by atoms with van der Waals surface area (Å²) < 4.78 is 0. The lowest BCUT2D eigenvalue weighted by molar-refractivity contribution is -0.483. The molecule has 0 saturated heterocycles. The smallest absolute Gasteiger partial charge is 0.269 e. The molecule has 0 unspecified atom stereocenters. The van der Waals surface area contributed by atoms with E-state index in [0.29, 0.717) is 5.56 Å². The van der Waals surface area contributed by atoms with E-state index in [0.717, 1.165) is 0 Å². The molecule has 7 nitrogen and oxygen atoms in total. The van der Waals surface area contributed by atoms with E-state index in [1.54, 1.807) is 0 Å². The zero-order valence-electron chi connectivity index (χ0n) is 9.74. The lowest BCUT2D eigenvalue weighted by Crippen LogP contribution is -2.15. The number of Topliss-reactive ketones (excluding diaryl/α,β-unsaturated/α-hetero) is 1. The van der Waals surface area contributed by atoms with Gasteiger partial charge in [-0.25, -0.2) is 0 Å². The third-order valence-electron chi connectivity index (χ3n) is 2.48. The van der Waals surface area contributed by atoms with Gasteiger partial charge < -0.3 is 4.79 Å². The maximum Gasteiger partial charge on any atom is 0.269 e. The van der Waals surface area contributed by atoms with Crippen LogP contribution in [0.3, 0.4) is 0 Å². The number of carbonyl (C=O) groups excluding carboxylic acids is 1. The standard InChI is InChI=1S/C11H12N2O5/c1-8(14)6-10(7-12(15)16)9-2-4-11(5-3-9)13(17)18/h2-5,10H,6-7H2,1H3/t10-/m1/s1. The van der Waals surface area contributed by atoms with E-state index < -0.39 is 15.8 Å². The third-order valence-corrected chi connectivity index (χ3v) is 2.48. The third kappa shape index (κ3) is 3.93. The summed E-state index contributed by atoms with van der Waals surface area (Å²) in [4.78, 5) is 31.0. The summed E-state index contributed by atoms with van der Waals surface area (Å²) in [5.41, 5.74) is 0.480. The van der Waals surface area contributed by atoms with Crippen LogP contribution >= 0.6 is 0 Å². The molecule has 0 radical (unpaired) electrons. The minimum atomic E-state index is -0.544. The molecule has 18 heavy (non-hydrogen) atoms. The van der Waals surface area contributed by atoms with Crippen molar-refractivity contribution in [3.63, 3.8) is 0 Å². The fraction of sp³-hybridized carbons (Fsp3) is 0.364. The fourth-order valence-corrected chi connectivity index (χ4v) is 1.68. The van der Waals surface area contributed by atoms with Crippen molar-refractivity contribution in [2.75, 3.05) is 6.54 Å². The first-order valence-corrected chi connectivity index (χ1v) is 5.25. The molecule has 0 saturated carbocycles. The van der Waals surface area contributed by atoms with Crippen LogP contribution in [0.1, 0.15) is 24.8 Å². The largest absolute Gasteiger partial charge is 0.300 e. The van der Waals surface area contributed by atoms with Gasteiger partial charge in [0.2, 0.25) is 6.54 Å². The van der Waals surface area contributed by atoms with Crippen LogP contribution in [-0.2, 0) is 4.79 Å². The van der Waals surface area contributed by atoms with E-state index in [2.05, 4.69) is 0 Å². The predicted molar refractivity (Wildman–Crippen MR) is 63.0 cm³/mol. The van der Waals surface area contributed by atoms with Gasteiger partial charge in [-0.05, 0) is 12.5 Å². The van der Waals surface area contributed by atoms with Crippen LogP contribution in [0.25, 0.3) is 0 Å². The molecule has 0 aliphatic rings. The fourth-order valence-electron chi connectivity index (χ4n) is 1.68. The van der Waals surface area contributed by atoms with Gasteiger partial charge in [-0.1, -0.05) is 12.1 Å². The van der Waals surface area contributed by atoms with Crippen LogP contribution in [0.15, 0.2) is 24.3 Å². The molecule has 0 N–H and O–H groups in total. The van der Waals surface area contributed by atoms with Gasteiger partial charge in [0.05, 0.1) is 10.8 Å². The summed E-state index contributed by atoms with van der Waals surface area (Å²) in [7, 11) is 0. The first kappa shape index (κ1) is 13.8. The zero-order valence-corrected chi connectivity index (χ0v) is 9.74. The Morgan fingerprint density at radius 3 is 2.17 bits per heavy atom. The molecule has 0 spiro atoms. The number of hydrogen-bond acceptors (Lipinski definition) is 5. The minimum absolute atomic E-state index is 0.0544. The Hall–Kier alpha value is -2.31. The molecule has 0 heterocycles. The van der Waals surface area contributed by atoms with Crippen molar-refractivity contribution in [3.05, 3.63) is 50.1 Å². The molecule has 0 aliphatic heterocycles. The Bertz CT molecular complexity index is 453. The summed E-state index contributed by atoms with van der Waals surface area (Å²) in [5.74, 6) is -0.696. The highest BCUT2D eigenvalue weighted by molar-refractivity contribution is 5.76. The molecule has 0 aromatic heterocycles. The molecule has 0 aliphatic carbocycles. The van der Waals surface area contributed by atoms with Crippen molar-refractivity contribution < 1.29 is 14.6 Å². The van der Waals surface area contributed by atoms with Gasteiger partial charge in [0.25, 0.3) is 5.69 Å². The summed E-state index contributed by atoms with van der Waals surface area (Å²) in [6.07, 6.45) is 0.0544. The van der Waals surface area contributed by atoms with E-state index in [-0.39, 0.29) is 24.4 Å². The number of nitro benzene ring substituents is 1. The van der Waals surface area contributed by atoms with E-state index in [9.17, 15) is 25.0 Å². The quantitative estimate of drug-likeness (QED) is 0.568. The van der Waals surface area contributed by atoms with Gasteiger partial charge in [0, 0.05) is 23.5 Å². The Morgan fingerprint density at radius 2 is 1.78 bits per heavy atom. The van der Waals surface area contributed by atoms with Crippen LogP contribution in [0.4, 0.5) is 5.69 Å². The van der Waals surface area contributed by atoms with Crippen molar-refractivity contribution in [2.24, 2.45) is 0 Å². The van der Waals surface area contributed by atoms with Gasteiger partial charge in [-0.3, -0.25) is 20.2 Å². The molecule has 1 aromatic carbocycles. The summed E-state index contributed by atoms with van der Waals surface area (Å²) in [6, 6.07) is 5.47. The number of rotatable bonds is 6. The van der Waals surface area contributed by atoms with Gasteiger partial charge in [0.1, 0.15) is 5.78 Å². The van der Waals surface area contributed by atoms with Crippen molar-refractivity contribution in [2.45, 2.75) is 19.3 Å². The first-order valence-electron chi connectivity index (χ1n) is 5.25. The second kappa shape index (κ2) is 5.85. The Balaban J connectivity index is 2.93. The van der Waals surface area contributed by atoms with Gasteiger partial charge in [-0.15, -0.1) is 0 Å². The summed E-state index contributed by atoms with van der Waals surface area (Å²) in [5, 5.41) is 21.0. The van der Waals surface area contributed by atoms with E-state index in [1.807, 2.05) is 0 Å². The normalized spacial score (nSPS) is 11.8. The van der Waals surface area contributed by atoms with Crippen molar-refractivity contribution >= 4 is 11.5 Å². The molecular formula is C11H12N2O5. The SMILES string of the molecule is CC(=O)C[C@H](C[N+](=O)[O-])c1ccc([N+](=O)[O-])cc1. The summed E-state index contributed by atoms with van der Waals surface area (Å²) in [6.45, 7) is 0.996. The van der Waals surface area contributed by atoms with Crippen LogP contribution in [-0.4, -0.2) is 22.2 Å².